The number of fused-ring (bicyclic) bond motifs is 1. The Balaban J connectivity index is 0.000000345. The zero-order valence-electron chi connectivity index (χ0n) is 15.3. The van der Waals surface area contributed by atoms with Gasteiger partial charge in [0.05, 0.1) is 6.61 Å². The van der Waals surface area contributed by atoms with Crippen LogP contribution in [-0.2, 0) is 14.8 Å². The van der Waals surface area contributed by atoms with Gasteiger partial charge in [-0.2, -0.15) is 17.5 Å². The molecular weight excluding hydrogens is 401 g/mol. The molecule has 0 atom stereocenters. The molecule has 2 heterocycles. The highest BCUT2D eigenvalue weighted by atomic mass is 32.2. The molecule has 0 saturated carbocycles. The maximum absolute atomic E-state index is 12.9. The van der Waals surface area contributed by atoms with Crippen molar-refractivity contribution in [2.45, 2.75) is 30.8 Å². The minimum Gasteiger partial charge on any atom is -0.492 e. The van der Waals surface area contributed by atoms with E-state index in [2.05, 4.69) is 5.32 Å². The number of rotatable bonds is 1. The Bertz CT molecular complexity index is 792. The predicted molar refractivity (Wildman–Crippen MR) is 94.6 cm³/mol. The van der Waals surface area contributed by atoms with Gasteiger partial charge in [-0.15, -0.1) is 0 Å². The van der Waals surface area contributed by atoms with Crippen LogP contribution in [0.4, 0.5) is 13.2 Å². The third-order valence-corrected chi connectivity index (χ3v) is 6.73. The second-order valence-corrected chi connectivity index (χ2v) is 8.63. The van der Waals surface area contributed by atoms with Crippen molar-refractivity contribution in [1.29, 1.82) is 0 Å². The van der Waals surface area contributed by atoms with Gasteiger partial charge in [0.1, 0.15) is 10.6 Å². The number of aliphatic carboxylic acids is 1. The number of carbonyl (C=O) groups is 1. The third-order valence-electron chi connectivity index (χ3n) is 4.77. The zero-order valence-corrected chi connectivity index (χ0v) is 16.1. The van der Waals surface area contributed by atoms with Gasteiger partial charge >= 0.3 is 12.1 Å². The van der Waals surface area contributed by atoms with Crippen LogP contribution in [0.1, 0.15) is 19.8 Å². The lowest BCUT2D eigenvalue weighted by molar-refractivity contribution is -0.192. The van der Waals surface area contributed by atoms with Crippen LogP contribution < -0.4 is 10.1 Å². The standard InChI is InChI=1S/C15H22N2O3S.C2HF3O2/c1-2-17-11-15(7-9-16-10-8-15)12-20-13-5-3-4-6-14(13)21(17,18)19;3-2(4,5)1(6)7/h3-6,16H,2,7-12H2,1H3;(H,6,7). The molecule has 2 aliphatic heterocycles. The quantitative estimate of drug-likeness (QED) is 0.717. The number of sulfonamides is 1. The number of hydrogen-bond acceptors (Lipinski definition) is 5. The minimum absolute atomic E-state index is 0.0815. The molecule has 1 fully saturated rings. The molecule has 0 amide bonds. The largest absolute Gasteiger partial charge is 0.492 e. The van der Waals surface area contributed by atoms with E-state index in [9.17, 15) is 21.6 Å². The van der Waals surface area contributed by atoms with Crippen LogP contribution in [0, 0.1) is 5.41 Å². The topological polar surface area (TPSA) is 95.9 Å². The predicted octanol–water partition coefficient (Wildman–Crippen LogP) is 2.09. The molecule has 0 radical (unpaired) electrons. The lowest BCUT2D eigenvalue weighted by atomic mass is 9.79. The second-order valence-electron chi connectivity index (χ2n) is 6.72. The van der Waals surface area contributed by atoms with E-state index in [0.717, 1.165) is 25.9 Å². The van der Waals surface area contributed by atoms with Gasteiger partial charge in [0.2, 0.25) is 10.0 Å². The van der Waals surface area contributed by atoms with Crippen LogP contribution in [0.25, 0.3) is 0 Å². The molecule has 1 saturated heterocycles. The summed E-state index contributed by atoms with van der Waals surface area (Å²) in [6, 6.07) is 6.95. The molecule has 1 aromatic rings. The van der Waals surface area contributed by atoms with Crippen molar-refractivity contribution in [1.82, 2.24) is 9.62 Å². The number of carboxylic acids is 1. The molecule has 7 nitrogen and oxygen atoms in total. The van der Waals surface area contributed by atoms with Crippen molar-refractivity contribution in [2.75, 3.05) is 32.8 Å². The average molecular weight is 424 g/mol. The van der Waals surface area contributed by atoms with Gasteiger partial charge in [-0.1, -0.05) is 19.1 Å². The van der Waals surface area contributed by atoms with E-state index in [0.29, 0.717) is 25.4 Å². The van der Waals surface area contributed by atoms with Crippen molar-refractivity contribution in [3.8, 4) is 5.75 Å². The fraction of sp³-hybridized carbons (Fsp3) is 0.588. The molecule has 1 aromatic carbocycles. The van der Waals surface area contributed by atoms with Gasteiger partial charge in [0.25, 0.3) is 0 Å². The Labute approximate surface area is 161 Å². The monoisotopic (exact) mass is 424 g/mol. The number of nitrogens with zero attached hydrogens (tertiary/aromatic N) is 1. The summed E-state index contributed by atoms with van der Waals surface area (Å²) in [6.45, 7) is 5.36. The van der Waals surface area contributed by atoms with E-state index in [1.54, 1.807) is 22.5 Å². The first-order chi connectivity index (χ1) is 13.0. The van der Waals surface area contributed by atoms with Crippen molar-refractivity contribution in [3.63, 3.8) is 0 Å². The molecule has 2 N–H and O–H groups in total. The lowest BCUT2D eigenvalue weighted by Crippen LogP contribution is -2.50. The molecule has 3 rings (SSSR count). The fourth-order valence-corrected chi connectivity index (χ4v) is 4.89. The van der Waals surface area contributed by atoms with Gasteiger partial charge in [-0.05, 0) is 38.1 Å². The van der Waals surface area contributed by atoms with E-state index in [1.165, 1.54) is 0 Å². The third kappa shape index (κ3) is 5.15. The molecule has 2 aliphatic rings. The van der Waals surface area contributed by atoms with Crippen LogP contribution in [0.15, 0.2) is 29.2 Å². The molecule has 158 valence electrons. The van der Waals surface area contributed by atoms with Crippen molar-refractivity contribution >= 4 is 16.0 Å². The minimum atomic E-state index is -5.08. The summed E-state index contributed by atoms with van der Waals surface area (Å²) in [7, 11) is -3.48. The lowest BCUT2D eigenvalue weighted by Gasteiger charge is -2.42. The van der Waals surface area contributed by atoms with E-state index in [4.69, 9.17) is 14.6 Å². The number of benzene rings is 1. The van der Waals surface area contributed by atoms with Crippen LogP contribution in [0.5, 0.6) is 5.75 Å². The SMILES string of the molecule is CCN1CC2(CCNCC2)COc2ccccc2S1(=O)=O.O=C(O)C(F)(F)F. The fourth-order valence-electron chi connectivity index (χ4n) is 3.20. The molecule has 28 heavy (non-hydrogen) atoms. The van der Waals surface area contributed by atoms with Gasteiger partial charge in [-0.3, -0.25) is 0 Å². The highest BCUT2D eigenvalue weighted by Gasteiger charge is 2.41. The first-order valence-corrected chi connectivity index (χ1v) is 10.2. The summed E-state index contributed by atoms with van der Waals surface area (Å²) in [6.07, 6.45) is -3.19. The number of hydrogen-bond donors (Lipinski definition) is 2. The molecule has 0 bridgehead atoms. The number of para-hydroxylation sites is 1. The molecular formula is C17H23F3N2O5S. The van der Waals surface area contributed by atoms with E-state index < -0.39 is 22.2 Å². The number of piperidine rings is 1. The molecule has 0 unspecified atom stereocenters. The smallest absolute Gasteiger partial charge is 0.490 e. The summed E-state index contributed by atoms with van der Waals surface area (Å²) < 4.78 is 65.0. The zero-order chi connectivity index (χ0) is 21.0. The van der Waals surface area contributed by atoms with Crippen molar-refractivity contribution in [2.24, 2.45) is 5.41 Å². The Morgan fingerprint density at radius 3 is 2.39 bits per heavy atom. The molecule has 0 aliphatic carbocycles. The van der Waals surface area contributed by atoms with Crippen LogP contribution in [0.2, 0.25) is 0 Å². The summed E-state index contributed by atoms with van der Waals surface area (Å²) >= 11 is 0. The van der Waals surface area contributed by atoms with Gasteiger partial charge in [0.15, 0.2) is 0 Å². The summed E-state index contributed by atoms with van der Waals surface area (Å²) in [5.74, 6) is -2.28. The normalized spacial score (nSPS) is 21.3. The maximum atomic E-state index is 12.9. The molecule has 0 aromatic heterocycles. The first-order valence-electron chi connectivity index (χ1n) is 8.75. The Hall–Kier alpha value is -1.85. The Morgan fingerprint density at radius 2 is 1.86 bits per heavy atom. The Kier molecular flexibility index (Phi) is 6.94. The maximum Gasteiger partial charge on any atom is 0.490 e. The van der Waals surface area contributed by atoms with Crippen LogP contribution in [-0.4, -0.2) is 62.8 Å². The van der Waals surface area contributed by atoms with Gasteiger partial charge in [-0.25, -0.2) is 13.2 Å². The summed E-state index contributed by atoms with van der Waals surface area (Å²) in [5.41, 5.74) is -0.0815. The van der Waals surface area contributed by atoms with Gasteiger partial charge in [0, 0.05) is 18.5 Å². The number of halogens is 3. The summed E-state index contributed by atoms with van der Waals surface area (Å²) in [5, 5.41) is 10.5. The van der Waals surface area contributed by atoms with E-state index in [-0.39, 0.29) is 10.3 Å². The number of carboxylic acid groups (broad SMARTS) is 1. The molecule has 11 heteroatoms. The van der Waals surface area contributed by atoms with Crippen LogP contribution >= 0.6 is 0 Å². The van der Waals surface area contributed by atoms with Crippen molar-refractivity contribution < 1.29 is 36.2 Å². The average Bonchev–Trinajstić information content (AvgIpc) is 2.64. The molecule has 1 spiro atoms. The Morgan fingerprint density at radius 1 is 1.29 bits per heavy atom. The van der Waals surface area contributed by atoms with E-state index in [1.807, 2.05) is 13.0 Å². The van der Waals surface area contributed by atoms with E-state index >= 15 is 0 Å². The number of nitrogens with one attached hydrogen (secondary N) is 1. The highest BCUT2D eigenvalue weighted by molar-refractivity contribution is 7.89. The van der Waals surface area contributed by atoms with Gasteiger partial charge < -0.3 is 15.2 Å². The number of ether oxygens (including phenoxy) is 1. The second kappa shape index (κ2) is 8.66. The van der Waals surface area contributed by atoms with Crippen LogP contribution in [0.3, 0.4) is 0 Å². The number of alkyl halides is 3. The van der Waals surface area contributed by atoms with Crippen molar-refractivity contribution in [3.05, 3.63) is 24.3 Å². The summed E-state index contributed by atoms with van der Waals surface area (Å²) in [4.78, 5) is 9.18. The highest BCUT2D eigenvalue weighted by Crippen LogP contribution is 2.37. The first kappa shape index (κ1) is 22.4.